The van der Waals surface area contributed by atoms with Crippen LogP contribution >= 0.6 is 0 Å². The van der Waals surface area contributed by atoms with Crippen LogP contribution in [0.1, 0.15) is 5.56 Å². The fourth-order valence-corrected chi connectivity index (χ4v) is 1.10. The summed E-state index contributed by atoms with van der Waals surface area (Å²) in [4.78, 5) is 3.94. The Labute approximate surface area is 80.9 Å². The second-order valence-corrected chi connectivity index (χ2v) is 2.68. The molecule has 0 aliphatic rings. The highest BCUT2D eigenvalue weighted by Crippen LogP contribution is 2.14. The molecule has 0 aliphatic heterocycles. The number of hydrogen-bond donors (Lipinski definition) is 0. The van der Waals surface area contributed by atoms with Crippen molar-refractivity contribution in [3.05, 3.63) is 42.4 Å². The minimum absolute atomic E-state index is 0.521. The van der Waals surface area contributed by atoms with Crippen LogP contribution in [0.4, 0.5) is 0 Å². The van der Waals surface area contributed by atoms with E-state index in [2.05, 4.69) is 15.2 Å². The van der Waals surface area contributed by atoms with E-state index in [-0.39, 0.29) is 0 Å². The lowest BCUT2D eigenvalue weighted by Crippen LogP contribution is -1.87. The monoisotopic (exact) mass is 182 g/mol. The van der Waals surface area contributed by atoms with Crippen LogP contribution in [0.2, 0.25) is 0 Å². The summed E-state index contributed by atoms with van der Waals surface area (Å²) >= 11 is 0. The molecule has 0 atom stereocenters. The maximum absolute atomic E-state index is 8.68. The summed E-state index contributed by atoms with van der Waals surface area (Å²) in [5.41, 5.74) is 2.04. The Balaban J connectivity index is 2.49. The molecule has 0 radical (unpaired) electrons. The second kappa shape index (κ2) is 3.62. The van der Waals surface area contributed by atoms with Crippen molar-refractivity contribution >= 4 is 0 Å². The molecule has 2 rings (SSSR count). The first-order valence-electron chi connectivity index (χ1n) is 4.03. The van der Waals surface area contributed by atoms with Gasteiger partial charge in [0, 0.05) is 24.2 Å². The Bertz CT molecular complexity index is 473. The number of aromatic nitrogens is 3. The third-order valence-electron chi connectivity index (χ3n) is 1.74. The van der Waals surface area contributed by atoms with E-state index >= 15 is 0 Å². The summed E-state index contributed by atoms with van der Waals surface area (Å²) in [7, 11) is 0. The third kappa shape index (κ3) is 1.57. The van der Waals surface area contributed by atoms with Crippen LogP contribution in [-0.2, 0) is 0 Å². The molecule has 0 spiro atoms. The van der Waals surface area contributed by atoms with Crippen LogP contribution in [0, 0.1) is 11.3 Å². The molecular weight excluding hydrogens is 176 g/mol. The van der Waals surface area contributed by atoms with Crippen molar-refractivity contribution in [2.45, 2.75) is 0 Å². The molecule has 0 fully saturated rings. The normalized spacial score (nSPS) is 9.36. The van der Waals surface area contributed by atoms with Crippen molar-refractivity contribution in [2.24, 2.45) is 0 Å². The molecule has 0 saturated heterocycles. The van der Waals surface area contributed by atoms with Gasteiger partial charge in [-0.2, -0.15) is 15.5 Å². The molecule has 2 aromatic heterocycles. The quantitative estimate of drug-likeness (QED) is 0.668. The van der Waals surface area contributed by atoms with Gasteiger partial charge in [-0.1, -0.05) is 0 Å². The van der Waals surface area contributed by atoms with Crippen LogP contribution in [0.5, 0.6) is 0 Å². The zero-order valence-corrected chi connectivity index (χ0v) is 7.25. The zero-order chi connectivity index (χ0) is 9.80. The molecule has 0 aliphatic carbocycles. The van der Waals surface area contributed by atoms with Gasteiger partial charge >= 0.3 is 0 Å². The molecule has 0 aromatic carbocycles. The molecule has 0 N–H and O–H groups in total. The first kappa shape index (κ1) is 8.32. The van der Waals surface area contributed by atoms with E-state index in [1.807, 2.05) is 12.1 Å². The molecular formula is C10H6N4. The van der Waals surface area contributed by atoms with Crippen LogP contribution < -0.4 is 0 Å². The summed E-state index contributed by atoms with van der Waals surface area (Å²) in [5.74, 6) is 0. The van der Waals surface area contributed by atoms with Gasteiger partial charge in [0.05, 0.1) is 11.3 Å². The fourth-order valence-electron chi connectivity index (χ4n) is 1.10. The van der Waals surface area contributed by atoms with Gasteiger partial charge in [0.1, 0.15) is 6.07 Å². The smallest absolute Gasteiger partial charge is 0.101 e. The standard InChI is InChI=1S/C10H6N4/c11-5-8-4-9(7-12-6-8)10-2-1-3-13-14-10/h1-4,6-7H. The molecule has 4 heteroatoms. The van der Waals surface area contributed by atoms with Crippen LogP contribution in [0.3, 0.4) is 0 Å². The summed E-state index contributed by atoms with van der Waals surface area (Å²) in [6.45, 7) is 0. The summed E-state index contributed by atoms with van der Waals surface area (Å²) < 4.78 is 0. The lowest BCUT2D eigenvalue weighted by Gasteiger charge is -1.97. The van der Waals surface area contributed by atoms with E-state index in [0.717, 1.165) is 11.3 Å². The predicted octanol–water partition coefficient (Wildman–Crippen LogP) is 1.41. The van der Waals surface area contributed by atoms with E-state index in [4.69, 9.17) is 5.26 Å². The Morgan fingerprint density at radius 2 is 2.21 bits per heavy atom. The van der Waals surface area contributed by atoms with Gasteiger partial charge in [0.2, 0.25) is 0 Å². The van der Waals surface area contributed by atoms with E-state index in [1.165, 1.54) is 6.20 Å². The van der Waals surface area contributed by atoms with Crippen molar-refractivity contribution < 1.29 is 0 Å². The first-order chi connectivity index (χ1) is 6.90. The molecule has 0 amide bonds. The van der Waals surface area contributed by atoms with Crippen molar-refractivity contribution in [3.63, 3.8) is 0 Å². The Morgan fingerprint density at radius 3 is 2.93 bits per heavy atom. The number of nitrogens with zero attached hydrogens (tertiary/aromatic N) is 4. The van der Waals surface area contributed by atoms with Gasteiger partial charge in [-0.05, 0) is 18.2 Å². The van der Waals surface area contributed by atoms with Gasteiger partial charge in [0.25, 0.3) is 0 Å². The van der Waals surface area contributed by atoms with Gasteiger partial charge in [-0.15, -0.1) is 0 Å². The van der Waals surface area contributed by atoms with E-state index in [1.54, 1.807) is 24.5 Å². The average molecular weight is 182 g/mol. The van der Waals surface area contributed by atoms with Crippen molar-refractivity contribution in [3.8, 4) is 17.3 Å². The Hall–Kier alpha value is -2.28. The largest absolute Gasteiger partial charge is 0.263 e. The summed E-state index contributed by atoms with van der Waals surface area (Å²) in [5, 5.41) is 16.4. The van der Waals surface area contributed by atoms with Gasteiger partial charge in [-0.25, -0.2) is 0 Å². The van der Waals surface area contributed by atoms with Crippen molar-refractivity contribution in [1.82, 2.24) is 15.2 Å². The lowest BCUT2D eigenvalue weighted by molar-refractivity contribution is 1.04. The number of nitriles is 1. The molecule has 66 valence electrons. The SMILES string of the molecule is N#Cc1cncc(-c2cccnn2)c1. The maximum atomic E-state index is 8.68. The van der Waals surface area contributed by atoms with Crippen molar-refractivity contribution in [1.29, 1.82) is 5.26 Å². The minimum atomic E-state index is 0.521. The molecule has 14 heavy (non-hydrogen) atoms. The first-order valence-corrected chi connectivity index (χ1v) is 4.03. The topological polar surface area (TPSA) is 62.5 Å². The molecule has 2 heterocycles. The molecule has 2 aromatic rings. The summed E-state index contributed by atoms with van der Waals surface area (Å²) in [6, 6.07) is 7.38. The van der Waals surface area contributed by atoms with E-state index < -0.39 is 0 Å². The minimum Gasteiger partial charge on any atom is -0.263 e. The zero-order valence-electron chi connectivity index (χ0n) is 7.25. The predicted molar refractivity (Wildman–Crippen MR) is 50.0 cm³/mol. The molecule has 0 saturated carbocycles. The Morgan fingerprint density at radius 1 is 1.29 bits per heavy atom. The average Bonchev–Trinajstić information content (AvgIpc) is 2.30. The molecule has 0 unspecified atom stereocenters. The third-order valence-corrected chi connectivity index (χ3v) is 1.74. The highest BCUT2D eigenvalue weighted by atomic mass is 15.1. The highest BCUT2D eigenvalue weighted by molar-refractivity contribution is 5.58. The van der Waals surface area contributed by atoms with Gasteiger partial charge < -0.3 is 0 Å². The molecule has 4 nitrogen and oxygen atoms in total. The van der Waals surface area contributed by atoms with Gasteiger partial charge in [-0.3, -0.25) is 4.98 Å². The maximum Gasteiger partial charge on any atom is 0.101 e. The number of rotatable bonds is 1. The summed E-state index contributed by atoms with van der Waals surface area (Å²) in [6.07, 6.45) is 4.77. The lowest BCUT2D eigenvalue weighted by atomic mass is 10.1. The highest BCUT2D eigenvalue weighted by Gasteiger charge is 2.00. The molecule has 0 bridgehead atoms. The van der Waals surface area contributed by atoms with Crippen molar-refractivity contribution in [2.75, 3.05) is 0 Å². The second-order valence-electron chi connectivity index (χ2n) is 2.68. The fraction of sp³-hybridized carbons (Fsp3) is 0. The number of pyridine rings is 1. The Kier molecular flexibility index (Phi) is 2.15. The van der Waals surface area contributed by atoms with E-state index in [9.17, 15) is 0 Å². The number of hydrogen-bond acceptors (Lipinski definition) is 4. The van der Waals surface area contributed by atoms with Crippen LogP contribution in [-0.4, -0.2) is 15.2 Å². The van der Waals surface area contributed by atoms with Crippen LogP contribution in [0.15, 0.2) is 36.8 Å². The van der Waals surface area contributed by atoms with Crippen LogP contribution in [0.25, 0.3) is 11.3 Å². The van der Waals surface area contributed by atoms with Gasteiger partial charge in [0.15, 0.2) is 0 Å². The van der Waals surface area contributed by atoms with E-state index in [0.29, 0.717) is 5.56 Å².